The molecule has 0 aliphatic rings. The molecule has 0 atom stereocenters. The highest BCUT2D eigenvalue weighted by molar-refractivity contribution is 7.91. The zero-order valence-corrected chi connectivity index (χ0v) is 22.0. The number of nitrogens with one attached hydrogen (secondary N) is 3. The van der Waals surface area contributed by atoms with Crippen molar-refractivity contribution in [2.75, 3.05) is 23.4 Å². The second-order valence-electron chi connectivity index (χ2n) is 7.12. The van der Waals surface area contributed by atoms with E-state index in [4.69, 9.17) is 21.5 Å². The number of hydrogen-bond acceptors (Lipinski definition) is 9. The topological polar surface area (TPSA) is 167 Å². The van der Waals surface area contributed by atoms with E-state index < -0.39 is 32.0 Å². The molecule has 11 nitrogen and oxygen atoms in total. The lowest BCUT2D eigenvalue weighted by molar-refractivity contribution is -0.192. The van der Waals surface area contributed by atoms with Crippen molar-refractivity contribution in [3.05, 3.63) is 59.9 Å². The Labute approximate surface area is 221 Å². The maximum Gasteiger partial charge on any atom is 0.490 e. The van der Waals surface area contributed by atoms with Crippen LogP contribution < -0.4 is 15.4 Å². The van der Waals surface area contributed by atoms with Crippen LogP contribution in [0, 0.1) is 0 Å². The largest absolute Gasteiger partial charge is 0.490 e. The molecule has 0 aliphatic heterocycles. The first-order chi connectivity index (χ1) is 17.6. The fourth-order valence-corrected chi connectivity index (χ4v) is 4.54. The monoisotopic (exact) mass is 595 g/mol. The molecule has 0 aliphatic carbocycles. The van der Waals surface area contributed by atoms with Crippen molar-refractivity contribution in [1.82, 2.24) is 14.7 Å². The van der Waals surface area contributed by atoms with Gasteiger partial charge in [0.1, 0.15) is 18.0 Å². The summed E-state index contributed by atoms with van der Waals surface area (Å²) in [6, 6.07) is 12.3. The average molecular weight is 596 g/mol. The predicted octanol–water partition coefficient (Wildman–Crippen LogP) is 3.95. The molecule has 3 aromatic rings. The molecule has 2 aromatic carbocycles. The van der Waals surface area contributed by atoms with E-state index in [0.717, 1.165) is 5.69 Å². The third-order valence-corrected chi connectivity index (χ3v) is 7.98. The van der Waals surface area contributed by atoms with Crippen LogP contribution in [-0.4, -0.2) is 56.9 Å². The van der Waals surface area contributed by atoms with Crippen molar-refractivity contribution in [1.29, 1.82) is 0 Å². The van der Waals surface area contributed by atoms with E-state index in [1.807, 2.05) is 0 Å². The van der Waals surface area contributed by atoms with Crippen LogP contribution in [0.3, 0.4) is 0 Å². The standard InChI is InChI=1S/C19H20ClN5O4S2.C2HF3O2/c1-3-30(26,27)17-9-8-15(31(28,29)21-2)10-16(17)25-19-11-18(22-12-23-19)24-14-6-4-13(20)5-7-14;3-2(4,5)1(6)7/h4-12,21H,3H2,1-2H3,(H2,22,23,24,25);(H,6,7). The molecule has 0 amide bonds. The van der Waals surface area contributed by atoms with Gasteiger partial charge in [-0.15, -0.1) is 0 Å². The summed E-state index contributed by atoms with van der Waals surface area (Å²) in [6.07, 6.45) is -3.79. The van der Waals surface area contributed by atoms with Gasteiger partial charge in [0.2, 0.25) is 10.0 Å². The first-order valence-corrected chi connectivity index (χ1v) is 13.8. The number of sulfonamides is 1. The smallest absolute Gasteiger partial charge is 0.475 e. The number of sulfone groups is 1. The Bertz CT molecular complexity index is 1500. The highest BCUT2D eigenvalue weighted by atomic mass is 35.5. The molecule has 17 heteroatoms. The van der Waals surface area contributed by atoms with E-state index in [0.29, 0.717) is 10.8 Å². The lowest BCUT2D eigenvalue weighted by atomic mass is 10.3. The molecular formula is C21H21ClF3N5O6S2. The molecule has 1 heterocycles. The lowest BCUT2D eigenvalue weighted by Crippen LogP contribution is -2.21. The molecule has 1 aromatic heterocycles. The van der Waals surface area contributed by atoms with Gasteiger partial charge in [-0.05, 0) is 49.5 Å². The maximum absolute atomic E-state index is 12.5. The van der Waals surface area contributed by atoms with Crippen molar-refractivity contribution in [2.24, 2.45) is 0 Å². The molecule has 38 heavy (non-hydrogen) atoms. The first-order valence-electron chi connectivity index (χ1n) is 10.3. The van der Waals surface area contributed by atoms with Crippen molar-refractivity contribution < 1.29 is 39.9 Å². The van der Waals surface area contributed by atoms with Crippen molar-refractivity contribution in [3.8, 4) is 0 Å². The summed E-state index contributed by atoms with van der Waals surface area (Å²) in [5, 5.41) is 13.7. The van der Waals surface area contributed by atoms with Gasteiger partial charge in [0.25, 0.3) is 0 Å². The maximum atomic E-state index is 12.5. The summed E-state index contributed by atoms with van der Waals surface area (Å²) in [7, 11) is -6.13. The number of carboxylic acid groups (broad SMARTS) is 1. The van der Waals surface area contributed by atoms with Crippen molar-refractivity contribution in [2.45, 2.75) is 22.9 Å². The average Bonchev–Trinajstić information content (AvgIpc) is 2.85. The minimum absolute atomic E-state index is 0.0316. The number of hydrogen-bond donors (Lipinski definition) is 4. The Balaban J connectivity index is 0.000000638. The van der Waals surface area contributed by atoms with Crippen LogP contribution in [0.2, 0.25) is 5.02 Å². The van der Waals surface area contributed by atoms with E-state index in [1.54, 1.807) is 30.3 Å². The van der Waals surface area contributed by atoms with E-state index in [9.17, 15) is 30.0 Å². The fourth-order valence-electron chi connectivity index (χ4n) is 2.63. The molecule has 0 spiro atoms. The first kappa shape index (κ1) is 30.8. The van der Waals surface area contributed by atoms with Gasteiger partial charge in [0.15, 0.2) is 9.84 Å². The van der Waals surface area contributed by atoms with Crippen molar-refractivity contribution in [3.63, 3.8) is 0 Å². The Morgan fingerprint density at radius 1 is 0.974 bits per heavy atom. The van der Waals surface area contributed by atoms with Crippen LogP contribution in [0.1, 0.15) is 6.92 Å². The summed E-state index contributed by atoms with van der Waals surface area (Å²) < 4.78 is 83.3. The van der Waals surface area contributed by atoms with E-state index in [-0.39, 0.29) is 27.0 Å². The van der Waals surface area contributed by atoms with Gasteiger partial charge in [0, 0.05) is 16.8 Å². The normalized spacial score (nSPS) is 11.7. The molecule has 0 fully saturated rings. The number of benzene rings is 2. The molecular weight excluding hydrogens is 575 g/mol. The molecule has 0 unspecified atom stereocenters. The third kappa shape index (κ3) is 8.54. The number of aliphatic carboxylic acids is 1. The summed E-state index contributed by atoms with van der Waals surface area (Å²) >= 11 is 5.89. The number of anilines is 4. The van der Waals surface area contributed by atoms with Crippen LogP contribution in [0.5, 0.6) is 0 Å². The highest BCUT2D eigenvalue weighted by Crippen LogP contribution is 2.29. The van der Waals surface area contributed by atoms with E-state index in [1.165, 1.54) is 38.5 Å². The van der Waals surface area contributed by atoms with Crippen LogP contribution in [-0.2, 0) is 24.7 Å². The molecule has 206 valence electrons. The van der Waals surface area contributed by atoms with E-state index >= 15 is 0 Å². The van der Waals surface area contributed by atoms with Gasteiger partial charge >= 0.3 is 12.1 Å². The molecule has 0 radical (unpaired) electrons. The second kappa shape index (κ2) is 12.4. The third-order valence-electron chi connectivity index (χ3n) is 4.53. The van der Waals surface area contributed by atoms with E-state index in [2.05, 4.69) is 25.3 Å². The number of alkyl halides is 3. The minimum atomic E-state index is -5.08. The summed E-state index contributed by atoms with van der Waals surface area (Å²) in [6.45, 7) is 1.51. The highest BCUT2D eigenvalue weighted by Gasteiger charge is 2.38. The lowest BCUT2D eigenvalue weighted by Gasteiger charge is -2.14. The number of aromatic nitrogens is 2. The molecule has 4 N–H and O–H groups in total. The Morgan fingerprint density at radius 2 is 1.53 bits per heavy atom. The van der Waals surface area contributed by atoms with Crippen LogP contribution in [0.4, 0.5) is 36.2 Å². The summed E-state index contributed by atoms with van der Waals surface area (Å²) in [5.74, 6) is -2.18. The molecule has 0 saturated heterocycles. The summed E-state index contributed by atoms with van der Waals surface area (Å²) in [4.78, 5) is 17.0. The predicted molar refractivity (Wildman–Crippen MR) is 134 cm³/mol. The molecule has 0 saturated carbocycles. The Morgan fingerprint density at radius 3 is 2.03 bits per heavy atom. The van der Waals surface area contributed by atoms with Crippen LogP contribution >= 0.6 is 11.6 Å². The fraction of sp³-hybridized carbons (Fsp3) is 0.190. The molecule has 0 bridgehead atoms. The quantitative estimate of drug-likeness (QED) is 0.299. The minimum Gasteiger partial charge on any atom is -0.475 e. The molecule has 3 rings (SSSR count). The van der Waals surface area contributed by atoms with Gasteiger partial charge in [0.05, 0.1) is 21.2 Å². The Hall–Kier alpha value is -3.47. The Kier molecular flexibility index (Phi) is 10.0. The number of nitrogens with zero attached hydrogens (tertiary/aromatic N) is 2. The SMILES string of the molecule is CCS(=O)(=O)c1ccc(S(=O)(=O)NC)cc1Nc1cc(Nc2ccc(Cl)cc2)ncn1.O=C(O)C(F)(F)F. The van der Waals surface area contributed by atoms with Crippen LogP contribution in [0.15, 0.2) is 64.6 Å². The summed E-state index contributed by atoms with van der Waals surface area (Å²) in [5.41, 5.74) is 0.833. The number of carboxylic acids is 1. The zero-order chi connectivity index (χ0) is 28.7. The van der Waals surface area contributed by atoms with Crippen molar-refractivity contribution >= 4 is 60.4 Å². The number of carbonyl (C=O) groups is 1. The van der Waals surface area contributed by atoms with Gasteiger partial charge < -0.3 is 15.7 Å². The van der Waals surface area contributed by atoms with Gasteiger partial charge in [-0.3, -0.25) is 0 Å². The zero-order valence-electron chi connectivity index (χ0n) is 19.6. The van der Waals surface area contributed by atoms with Gasteiger partial charge in [-0.25, -0.2) is 36.3 Å². The van der Waals surface area contributed by atoms with Gasteiger partial charge in [-0.1, -0.05) is 18.5 Å². The van der Waals surface area contributed by atoms with Gasteiger partial charge in [-0.2, -0.15) is 13.2 Å². The number of rotatable bonds is 8. The second-order valence-corrected chi connectivity index (χ2v) is 11.7. The van der Waals surface area contributed by atoms with Crippen LogP contribution in [0.25, 0.3) is 0 Å². The number of halogens is 4.